The van der Waals surface area contributed by atoms with E-state index in [9.17, 15) is 0 Å². The van der Waals surface area contributed by atoms with Crippen LogP contribution in [0.2, 0.25) is 0 Å². The Morgan fingerprint density at radius 2 is 1.91 bits per heavy atom. The molecule has 1 aliphatic heterocycles. The van der Waals surface area contributed by atoms with E-state index >= 15 is 4.39 Å². The minimum absolute atomic E-state index is 0.0552. The molecule has 2 heterocycles. The molecule has 0 aliphatic carbocycles. The Bertz CT molecular complexity index is 1170. The van der Waals surface area contributed by atoms with E-state index in [4.69, 9.17) is 25.7 Å². The van der Waals surface area contributed by atoms with Gasteiger partial charge in [-0.3, -0.25) is 0 Å². The Morgan fingerprint density at radius 3 is 2.65 bits per heavy atom. The van der Waals surface area contributed by atoms with Crippen LogP contribution < -0.4 is 25.7 Å². The number of aryl methyl sites for hydroxylation is 1. The summed E-state index contributed by atoms with van der Waals surface area (Å²) in [6.45, 7) is 5.77. The highest BCUT2D eigenvalue weighted by Crippen LogP contribution is 2.37. The number of nitrogen functional groups attached to an aromatic ring is 1. The molecule has 1 aromatic heterocycles. The summed E-state index contributed by atoms with van der Waals surface area (Å²) in [5.41, 5.74) is 14.6. The zero-order chi connectivity index (χ0) is 24.1. The first kappa shape index (κ1) is 23.8. The minimum Gasteiger partial charge on any atom is -0.493 e. The number of anilines is 1. The third kappa shape index (κ3) is 5.22. The van der Waals surface area contributed by atoms with Crippen molar-refractivity contribution in [2.45, 2.75) is 32.6 Å². The van der Waals surface area contributed by atoms with Gasteiger partial charge >= 0.3 is 0 Å². The predicted molar refractivity (Wildman–Crippen MR) is 134 cm³/mol. The number of likely N-dealkylation sites (tertiary alicyclic amines) is 1. The Morgan fingerprint density at radius 1 is 1.12 bits per heavy atom. The molecule has 8 heteroatoms. The van der Waals surface area contributed by atoms with E-state index in [1.165, 1.54) is 25.5 Å². The summed E-state index contributed by atoms with van der Waals surface area (Å²) in [5.74, 6) is 0.856. The fourth-order valence-electron chi connectivity index (χ4n) is 4.38. The number of fused-ring (bicyclic) bond motifs is 1. The molecule has 4 rings (SSSR count). The molecule has 3 aromatic rings. The third-order valence-electron chi connectivity index (χ3n) is 6.13. The quantitative estimate of drug-likeness (QED) is 0.237. The number of rotatable bonds is 9. The first-order chi connectivity index (χ1) is 16.5. The molecule has 0 spiro atoms. The standard InChI is InChI=1S/C26H33FN4O3/c1-17-13-19-21(30-17)7-8-22(26(19)27)34-25(16-28)18-14-23(32-2)24(15-20(18)29)33-12-6-11-31-9-4-3-5-10-31/h7-8,13-16,30H,3-6,9-12,28-29H2,1-2H3/b25-16+. The zero-order valence-corrected chi connectivity index (χ0v) is 19.8. The summed E-state index contributed by atoms with van der Waals surface area (Å²) in [7, 11) is 1.56. The molecule has 0 bridgehead atoms. The van der Waals surface area contributed by atoms with E-state index < -0.39 is 5.82 Å². The van der Waals surface area contributed by atoms with Crippen LogP contribution in [0.1, 0.15) is 36.9 Å². The van der Waals surface area contributed by atoms with Gasteiger partial charge in [-0.1, -0.05) is 6.42 Å². The van der Waals surface area contributed by atoms with Gasteiger partial charge in [0.05, 0.1) is 13.7 Å². The number of aromatic nitrogens is 1. The van der Waals surface area contributed by atoms with E-state index in [-0.39, 0.29) is 11.5 Å². The van der Waals surface area contributed by atoms with Gasteiger partial charge in [0.15, 0.2) is 28.8 Å². The lowest BCUT2D eigenvalue weighted by Gasteiger charge is -2.26. The lowest BCUT2D eigenvalue weighted by atomic mass is 10.1. The van der Waals surface area contributed by atoms with Crippen molar-refractivity contribution in [3.63, 3.8) is 0 Å². The van der Waals surface area contributed by atoms with Crippen LogP contribution in [0.5, 0.6) is 17.2 Å². The van der Waals surface area contributed by atoms with Gasteiger partial charge in [0.25, 0.3) is 0 Å². The van der Waals surface area contributed by atoms with Gasteiger partial charge in [-0.15, -0.1) is 0 Å². The lowest BCUT2D eigenvalue weighted by Crippen LogP contribution is -2.31. The van der Waals surface area contributed by atoms with Crippen LogP contribution in [0.4, 0.5) is 10.1 Å². The van der Waals surface area contributed by atoms with Crippen molar-refractivity contribution in [2.75, 3.05) is 39.1 Å². The maximum Gasteiger partial charge on any atom is 0.175 e. The largest absolute Gasteiger partial charge is 0.493 e. The number of aromatic amines is 1. The second-order valence-corrected chi connectivity index (χ2v) is 8.62. The van der Waals surface area contributed by atoms with Crippen molar-refractivity contribution in [1.29, 1.82) is 0 Å². The molecule has 182 valence electrons. The van der Waals surface area contributed by atoms with Crippen molar-refractivity contribution in [3.8, 4) is 17.2 Å². The van der Waals surface area contributed by atoms with Crippen molar-refractivity contribution >= 4 is 22.3 Å². The van der Waals surface area contributed by atoms with Gasteiger partial charge in [0.1, 0.15) is 0 Å². The molecule has 1 fully saturated rings. The van der Waals surface area contributed by atoms with Crippen LogP contribution in [0.3, 0.4) is 0 Å². The number of halogens is 1. The smallest absolute Gasteiger partial charge is 0.175 e. The number of nitrogens with two attached hydrogens (primary N) is 2. The highest BCUT2D eigenvalue weighted by molar-refractivity contribution is 5.83. The van der Waals surface area contributed by atoms with Crippen LogP contribution >= 0.6 is 0 Å². The fourth-order valence-corrected chi connectivity index (χ4v) is 4.38. The van der Waals surface area contributed by atoms with Crippen molar-refractivity contribution in [1.82, 2.24) is 9.88 Å². The van der Waals surface area contributed by atoms with E-state index in [0.29, 0.717) is 40.3 Å². The summed E-state index contributed by atoms with van der Waals surface area (Å²) in [6.07, 6.45) is 6.05. The van der Waals surface area contributed by atoms with Crippen LogP contribution in [0.15, 0.2) is 36.5 Å². The summed E-state index contributed by atoms with van der Waals surface area (Å²) >= 11 is 0. The predicted octanol–water partition coefficient (Wildman–Crippen LogP) is 4.80. The molecular weight excluding hydrogens is 435 g/mol. The van der Waals surface area contributed by atoms with Gasteiger partial charge in [0, 0.05) is 46.7 Å². The number of methoxy groups -OCH3 is 1. The first-order valence-corrected chi connectivity index (χ1v) is 11.7. The number of nitrogens with zero attached hydrogens (tertiary/aromatic N) is 1. The van der Waals surface area contributed by atoms with Crippen molar-refractivity contribution in [2.24, 2.45) is 5.73 Å². The topological polar surface area (TPSA) is 98.8 Å². The van der Waals surface area contributed by atoms with Gasteiger partial charge < -0.3 is 35.6 Å². The van der Waals surface area contributed by atoms with Crippen LogP contribution in [-0.2, 0) is 0 Å². The molecule has 0 unspecified atom stereocenters. The molecule has 1 saturated heterocycles. The molecule has 0 amide bonds. The van der Waals surface area contributed by atoms with Crippen LogP contribution in [0, 0.1) is 12.7 Å². The van der Waals surface area contributed by atoms with Gasteiger partial charge in [0.2, 0.25) is 0 Å². The number of benzene rings is 2. The van der Waals surface area contributed by atoms with Gasteiger partial charge in [-0.2, -0.15) is 0 Å². The SMILES string of the molecule is COc1cc(/C(=C\N)Oc2ccc3[nH]c(C)cc3c2F)c(N)cc1OCCCN1CCCCC1. The molecule has 0 saturated carbocycles. The summed E-state index contributed by atoms with van der Waals surface area (Å²) in [4.78, 5) is 5.58. The van der Waals surface area contributed by atoms with E-state index in [1.54, 1.807) is 37.4 Å². The number of H-pyrrole nitrogens is 1. The second kappa shape index (κ2) is 10.7. The van der Waals surface area contributed by atoms with Crippen LogP contribution in [0.25, 0.3) is 16.7 Å². The van der Waals surface area contributed by atoms with Crippen LogP contribution in [-0.4, -0.2) is 43.2 Å². The molecule has 0 radical (unpaired) electrons. The number of piperidine rings is 1. The highest BCUT2D eigenvalue weighted by atomic mass is 19.1. The molecule has 5 N–H and O–H groups in total. The fraction of sp³-hybridized carbons (Fsp3) is 0.385. The molecule has 2 aromatic carbocycles. The Hall–Kier alpha value is -3.39. The number of hydrogen-bond donors (Lipinski definition) is 3. The Kier molecular flexibility index (Phi) is 7.47. The maximum absolute atomic E-state index is 15.0. The number of hydrogen-bond acceptors (Lipinski definition) is 6. The average Bonchev–Trinajstić information content (AvgIpc) is 3.24. The van der Waals surface area contributed by atoms with Gasteiger partial charge in [-0.25, -0.2) is 4.39 Å². The minimum atomic E-state index is -0.472. The molecule has 0 atom stereocenters. The third-order valence-corrected chi connectivity index (χ3v) is 6.13. The maximum atomic E-state index is 15.0. The normalized spacial score (nSPS) is 15.0. The molecule has 7 nitrogen and oxygen atoms in total. The average molecular weight is 469 g/mol. The van der Waals surface area contributed by atoms with Gasteiger partial charge in [-0.05, 0) is 63.5 Å². The summed E-state index contributed by atoms with van der Waals surface area (Å²) in [6, 6.07) is 8.45. The zero-order valence-electron chi connectivity index (χ0n) is 19.8. The molecule has 34 heavy (non-hydrogen) atoms. The number of ether oxygens (including phenoxy) is 3. The second-order valence-electron chi connectivity index (χ2n) is 8.62. The Balaban J connectivity index is 1.47. The molecule has 1 aliphatic rings. The van der Waals surface area contributed by atoms with E-state index in [2.05, 4.69) is 9.88 Å². The Labute approximate surface area is 199 Å². The lowest BCUT2D eigenvalue weighted by molar-refractivity contribution is 0.203. The monoisotopic (exact) mass is 468 g/mol. The highest BCUT2D eigenvalue weighted by Gasteiger charge is 2.18. The van der Waals surface area contributed by atoms with Crippen molar-refractivity contribution < 1.29 is 18.6 Å². The van der Waals surface area contributed by atoms with E-state index in [0.717, 1.165) is 31.7 Å². The summed E-state index contributed by atoms with van der Waals surface area (Å²) in [5, 5.41) is 0.449. The summed E-state index contributed by atoms with van der Waals surface area (Å²) < 4.78 is 32.4. The van der Waals surface area contributed by atoms with E-state index in [1.807, 2.05) is 6.92 Å². The number of nitrogens with one attached hydrogen (secondary N) is 1. The first-order valence-electron chi connectivity index (χ1n) is 11.7. The molecular formula is C26H33FN4O3. The van der Waals surface area contributed by atoms with Crippen molar-refractivity contribution in [3.05, 3.63) is 53.6 Å².